The summed E-state index contributed by atoms with van der Waals surface area (Å²) in [4.78, 5) is 26.3. The van der Waals surface area contributed by atoms with Gasteiger partial charge in [0, 0.05) is 12.6 Å². The van der Waals surface area contributed by atoms with E-state index in [0.717, 1.165) is 17.7 Å². The van der Waals surface area contributed by atoms with Gasteiger partial charge in [-0.15, -0.1) is 0 Å². The number of amides is 2. The minimum Gasteiger partial charge on any atom is -0.447 e. The average molecular weight is 258 g/mol. The molecule has 1 heterocycles. The molecule has 1 rings (SSSR count). The van der Waals surface area contributed by atoms with E-state index in [4.69, 9.17) is 9.84 Å². The predicted octanol–water partition coefficient (Wildman–Crippen LogP) is 0.448. The van der Waals surface area contributed by atoms with Crippen LogP contribution in [0.4, 0.5) is 4.79 Å². The normalized spacial score (nSPS) is 15.6. The van der Waals surface area contributed by atoms with E-state index < -0.39 is 6.09 Å². The third kappa shape index (κ3) is 3.68. The van der Waals surface area contributed by atoms with Crippen LogP contribution < -0.4 is 0 Å². The van der Waals surface area contributed by atoms with Gasteiger partial charge in [0.1, 0.15) is 6.61 Å². The van der Waals surface area contributed by atoms with Crippen molar-refractivity contribution in [3.63, 3.8) is 0 Å². The fourth-order valence-electron chi connectivity index (χ4n) is 2.20. The number of imide groups is 1. The third-order valence-corrected chi connectivity index (χ3v) is 3.25. The van der Waals surface area contributed by atoms with Crippen molar-refractivity contribution in [1.82, 2.24) is 9.80 Å². The molecule has 0 aromatic heterocycles. The summed E-state index contributed by atoms with van der Waals surface area (Å²) in [6.07, 6.45) is 1.26. The van der Waals surface area contributed by atoms with Crippen molar-refractivity contribution in [3.05, 3.63) is 0 Å². The topological polar surface area (TPSA) is 70.1 Å². The van der Waals surface area contributed by atoms with Crippen LogP contribution in [-0.2, 0) is 9.53 Å². The molecule has 104 valence electrons. The molecule has 0 aromatic carbocycles. The standard InChI is InChI=1S/C12H22N2O4/c1-3-10(4-2)13(5-7-15)9-11(16)14-6-8-18-12(14)17/h10,15H,3-9H2,1-2H3. The zero-order chi connectivity index (χ0) is 13.5. The van der Waals surface area contributed by atoms with Crippen LogP contribution in [0.25, 0.3) is 0 Å². The molecule has 2 amide bonds. The van der Waals surface area contributed by atoms with Crippen LogP contribution in [0.1, 0.15) is 26.7 Å². The third-order valence-electron chi connectivity index (χ3n) is 3.25. The summed E-state index contributed by atoms with van der Waals surface area (Å²) in [5.74, 6) is -0.252. The highest BCUT2D eigenvalue weighted by Crippen LogP contribution is 2.10. The van der Waals surface area contributed by atoms with E-state index in [1.165, 1.54) is 0 Å². The molecule has 0 saturated carbocycles. The van der Waals surface area contributed by atoms with E-state index in [9.17, 15) is 9.59 Å². The second-order valence-corrected chi connectivity index (χ2v) is 4.32. The van der Waals surface area contributed by atoms with Gasteiger partial charge in [-0.1, -0.05) is 13.8 Å². The van der Waals surface area contributed by atoms with Crippen molar-refractivity contribution in [2.75, 3.05) is 32.8 Å². The lowest BCUT2D eigenvalue weighted by Gasteiger charge is -2.29. The molecule has 0 bridgehead atoms. The van der Waals surface area contributed by atoms with Crippen LogP contribution in [0.5, 0.6) is 0 Å². The number of ether oxygens (including phenoxy) is 1. The molecule has 0 radical (unpaired) electrons. The molecule has 1 N–H and O–H groups in total. The van der Waals surface area contributed by atoms with Crippen molar-refractivity contribution >= 4 is 12.0 Å². The van der Waals surface area contributed by atoms with Gasteiger partial charge in [0.05, 0.1) is 19.7 Å². The summed E-state index contributed by atoms with van der Waals surface area (Å²) in [7, 11) is 0. The van der Waals surface area contributed by atoms with Gasteiger partial charge < -0.3 is 9.84 Å². The number of aliphatic hydroxyl groups is 1. The van der Waals surface area contributed by atoms with Crippen molar-refractivity contribution < 1.29 is 19.4 Å². The van der Waals surface area contributed by atoms with Gasteiger partial charge in [-0.2, -0.15) is 0 Å². The maximum atomic E-state index is 12.0. The lowest BCUT2D eigenvalue weighted by atomic mass is 10.1. The molecular weight excluding hydrogens is 236 g/mol. The summed E-state index contributed by atoms with van der Waals surface area (Å²) in [6, 6.07) is 0.250. The molecule has 6 nitrogen and oxygen atoms in total. The largest absolute Gasteiger partial charge is 0.447 e. The Labute approximate surface area is 107 Å². The first kappa shape index (κ1) is 14.9. The number of rotatable bonds is 7. The van der Waals surface area contributed by atoms with Gasteiger partial charge in [-0.3, -0.25) is 9.69 Å². The Bertz CT molecular complexity index is 292. The summed E-state index contributed by atoms with van der Waals surface area (Å²) >= 11 is 0. The SMILES string of the molecule is CCC(CC)N(CCO)CC(=O)N1CCOC1=O. The minimum absolute atomic E-state index is 0.00816. The predicted molar refractivity (Wildman–Crippen MR) is 66.1 cm³/mol. The molecule has 0 aromatic rings. The molecule has 1 aliphatic heterocycles. The highest BCUT2D eigenvalue weighted by atomic mass is 16.6. The molecule has 0 aliphatic carbocycles. The number of carbonyl (C=O) groups excluding carboxylic acids is 2. The zero-order valence-electron chi connectivity index (χ0n) is 11.1. The van der Waals surface area contributed by atoms with Gasteiger partial charge >= 0.3 is 6.09 Å². The Kier molecular flexibility index (Phi) is 6.07. The van der Waals surface area contributed by atoms with E-state index in [1.807, 2.05) is 18.7 Å². The van der Waals surface area contributed by atoms with E-state index in [2.05, 4.69) is 0 Å². The number of carbonyl (C=O) groups is 2. The molecule has 18 heavy (non-hydrogen) atoms. The lowest BCUT2D eigenvalue weighted by molar-refractivity contribution is -0.129. The second kappa shape index (κ2) is 7.33. The van der Waals surface area contributed by atoms with E-state index in [1.54, 1.807) is 0 Å². The molecule has 0 spiro atoms. The van der Waals surface area contributed by atoms with Crippen LogP contribution in [0.2, 0.25) is 0 Å². The number of cyclic esters (lactones) is 1. The smallest absolute Gasteiger partial charge is 0.416 e. The maximum absolute atomic E-state index is 12.0. The first-order valence-electron chi connectivity index (χ1n) is 6.46. The monoisotopic (exact) mass is 258 g/mol. The molecule has 0 atom stereocenters. The van der Waals surface area contributed by atoms with Gasteiger partial charge in [0.15, 0.2) is 0 Å². The Morgan fingerprint density at radius 3 is 2.61 bits per heavy atom. The number of hydrogen-bond acceptors (Lipinski definition) is 5. The van der Waals surface area contributed by atoms with Gasteiger partial charge in [0.2, 0.25) is 5.91 Å². The highest BCUT2D eigenvalue weighted by Gasteiger charge is 2.30. The summed E-state index contributed by atoms with van der Waals surface area (Å²) in [5.41, 5.74) is 0. The summed E-state index contributed by atoms with van der Waals surface area (Å²) < 4.78 is 4.74. The molecule has 6 heteroatoms. The Morgan fingerprint density at radius 1 is 1.50 bits per heavy atom. The van der Waals surface area contributed by atoms with Crippen LogP contribution in [-0.4, -0.2) is 65.8 Å². The highest BCUT2D eigenvalue weighted by molar-refractivity contribution is 5.94. The van der Waals surface area contributed by atoms with Crippen LogP contribution in [0.3, 0.4) is 0 Å². The number of nitrogens with zero attached hydrogens (tertiary/aromatic N) is 2. The Hall–Kier alpha value is -1.14. The van der Waals surface area contributed by atoms with Gasteiger partial charge in [0.25, 0.3) is 0 Å². The van der Waals surface area contributed by atoms with Crippen molar-refractivity contribution in [1.29, 1.82) is 0 Å². The lowest BCUT2D eigenvalue weighted by Crippen LogP contribution is -2.45. The molecule has 1 fully saturated rings. The molecule has 0 unspecified atom stereocenters. The van der Waals surface area contributed by atoms with Crippen LogP contribution in [0, 0.1) is 0 Å². The fraction of sp³-hybridized carbons (Fsp3) is 0.833. The summed E-state index contributed by atoms with van der Waals surface area (Å²) in [6.45, 7) is 5.31. The van der Waals surface area contributed by atoms with Gasteiger partial charge in [-0.05, 0) is 12.8 Å². The van der Waals surface area contributed by atoms with Crippen molar-refractivity contribution in [2.24, 2.45) is 0 Å². The first-order chi connectivity index (χ1) is 8.63. The average Bonchev–Trinajstić information content (AvgIpc) is 2.77. The number of hydrogen-bond donors (Lipinski definition) is 1. The zero-order valence-corrected chi connectivity index (χ0v) is 11.1. The second-order valence-electron chi connectivity index (χ2n) is 4.32. The van der Waals surface area contributed by atoms with E-state index in [-0.39, 0.29) is 31.7 Å². The summed E-state index contributed by atoms with van der Waals surface area (Å²) in [5, 5.41) is 9.05. The quantitative estimate of drug-likeness (QED) is 0.718. The number of aliphatic hydroxyl groups excluding tert-OH is 1. The van der Waals surface area contributed by atoms with E-state index >= 15 is 0 Å². The fourth-order valence-corrected chi connectivity index (χ4v) is 2.20. The molecule has 1 aliphatic rings. The van der Waals surface area contributed by atoms with Crippen LogP contribution >= 0.6 is 0 Å². The van der Waals surface area contributed by atoms with Crippen molar-refractivity contribution in [3.8, 4) is 0 Å². The maximum Gasteiger partial charge on any atom is 0.416 e. The molecular formula is C12H22N2O4. The van der Waals surface area contributed by atoms with Crippen LogP contribution in [0.15, 0.2) is 0 Å². The van der Waals surface area contributed by atoms with Crippen molar-refractivity contribution in [2.45, 2.75) is 32.7 Å². The first-order valence-corrected chi connectivity index (χ1v) is 6.46. The Balaban J connectivity index is 2.59. The van der Waals surface area contributed by atoms with E-state index in [0.29, 0.717) is 13.1 Å². The minimum atomic E-state index is -0.562. The molecule has 1 saturated heterocycles. The Morgan fingerprint density at radius 2 is 2.17 bits per heavy atom. The van der Waals surface area contributed by atoms with Gasteiger partial charge in [-0.25, -0.2) is 9.69 Å².